The number of nitrogens with zero attached hydrogens (tertiary/aromatic N) is 1. The summed E-state index contributed by atoms with van der Waals surface area (Å²) in [4.78, 5) is 29.1. The first kappa shape index (κ1) is 14.5. The number of ether oxygens (including phenoxy) is 1. The van der Waals surface area contributed by atoms with E-state index in [0.717, 1.165) is 23.5 Å². The van der Waals surface area contributed by atoms with Crippen LogP contribution < -0.4 is 5.32 Å². The van der Waals surface area contributed by atoms with Gasteiger partial charge in [0.25, 0.3) is 0 Å². The molecule has 0 amide bonds. The highest BCUT2D eigenvalue weighted by Crippen LogP contribution is 2.42. The minimum atomic E-state index is -0.418. The second kappa shape index (κ2) is 5.75. The highest BCUT2D eigenvalue weighted by molar-refractivity contribution is 5.95. The first-order valence-corrected chi connectivity index (χ1v) is 7.33. The van der Waals surface area contributed by atoms with Crippen molar-refractivity contribution in [1.29, 1.82) is 0 Å². The lowest BCUT2D eigenvalue weighted by Gasteiger charge is -2.37. The molecule has 1 aromatic heterocycles. The summed E-state index contributed by atoms with van der Waals surface area (Å²) in [5.74, 6) is -1.07. The lowest BCUT2D eigenvalue weighted by molar-refractivity contribution is -0.136. The molecule has 0 fully saturated rings. The van der Waals surface area contributed by atoms with Crippen molar-refractivity contribution >= 4 is 11.8 Å². The summed E-state index contributed by atoms with van der Waals surface area (Å²) in [6, 6.07) is 5.54. The Kier molecular flexibility index (Phi) is 3.79. The van der Waals surface area contributed by atoms with Gasteiger partial charge in [0.1, 0.15) is 5.78 Å². The molecule has 22 heavy (non-hydrogen) atoms. The van der Waals surface area contributed by atoms with Crippen molar-refractivity contribution in [2.75, 3.05) is 7.11 Å². The van der Waals surface area contributed by atoms with Crippen molar-refractivity contribution in [1.82, 2.24) is 10.3 Å². The fourth-order valence-electron chi connectivity index (χ4n) is 3.27. The van der Waals surface area contributed by atoms with E-state index in [1.54, 1.807) is 6.20 Å². The van der Waals surface area contributed by atoms with Gasteiger partial charge in [-0.25, -0.2) is 4.79 Å². The molecule has 2 heterocycles. The molecule has 0 spiro atoms. The van der Waals surface area contributed by atoms with Crippen LogP contribution in [0.25, 0.3) is 0 Å². The molecule has 2 aliphatic rings. The van der Waals surface area contributed by atoms with E-state index in [4.69, 9.17) is 4.74 Å². The zero-order chi connectivity index (χ0) is 15.7. The Morgan fingerprint density at radius 1 is 1.36 bits per heavy atom. The molecule has 0 radical (unpaired) electrons. The first-order valence-electron chi connectivity index (χ1n) is 7.33. The third kappa shape index (κ3) is 2.32. The SMILES string of the molecule is COC(=O)C1=C(C)NC2=CCCC(=O)C2C1c1ccccn1. The Bertz CT molecular complexity index is 676. The standard InChI is InChI=1S/C17H18N2O3/c1-10-14(17(21)22-2)16(11-6-3-4-9-18-11)15-12(19-10)7-5-8-13(15)20/h3-4,6-7,9,15-16,19H,5,8H2,1-2H3. The van der Waals surface area contributed by atoms with E-state index in [9.17, 15) is 9.59 Å². The lowest BCUT2D eigenvalue weighted by Crippen LogP contribution is -2.40. The van der Waals surface area contributed by atoms with Crippen molar-refractivity contribution in [3.63, 3.8) is 0 Å². The maximum absolute atomic E-state index is 12.5. The molecule has 5 nitrogen and oxygen atoms in total. The Balaban J connectivity index is 2.18. The molecular weight excluding hydrogens is 280 g/mol. The van der Waals surface area contributed by atoms with Crippen LogP contribution in [0.1, 0.15) is 31.4 Å². The summed E-state index contributed by atoms with van der Waals surface area (Å²) in [5, 5.41) is 3.21. The number of Topliss-reactive ketones (excluding diaryl/α,β-unsaturated/α-hetero) is 1. The molecule has 3 rings (SSSR count). The van der Waals surface area contributed by atoms with Crippen molar-refractivity contribution in [2.24, 2.45) is 5.92 Å². The number of esters is 1. The number of aromatic nitrogens is 1. The van der Waals surface area contributed by atoms with Crippen LogP contribution in [0.4, 0.5) is 0 Å². The monoisotopic (exact) mass is 298 g/mol. The van der Waals surface area contributed by atoms with Gasteiger partial charge in [0.2, 0.25) is 0 Å². The molecule has 2 unspecified atom stereocenters. The van der Waals surface area contributed by atoms with Crippen molar-refractivity contribution in [2.45, 2.75) is 25.7 Å². The average Bonchev–Trinajstić information content (AvgIpc) is 2.54. The predicted molar refractivity (Wildman–Crippen MR) is 80.6 cm³/mol. The number of hydrogen-bond donors (Lipinski definition) is 1. The van der Waals surface area contributed by atoms with Crippen LogP contribution in [0.2, 0.25) is 0 Å². The van der Waals surface area contributed by atoms with Gasteiger partial charge in [-0.05, 0) is 25.5 Å². The van der Waals surface area contributed by atoms with Gasteiger partial charge in [0, 0.05) is 29.7 Å². The summed E-state index contributed by atoms with van der Waals surface area (Å²) < 4.78 is 4.93. The van der Waals surface area contributed by atoms with E-state index < -0.39 is 11.9 Å². The number of carbonyl (C=O) groups is 2. The lowest BCUT2D eigenvalue weighted by atomic mass is 9.72. The van der Waals surface area contributed by atoms with E-state index >= 15 is 0 Å². The number of hydrogen-bond acceptors (Lipinski definition) is 5. The van der Waals surface area contributed by atoms with Gasteiger partial charge in [-0.1, -0.05) is 12.1 Å². The van der Waals surface area contributed by atoms with Gasteiger partial charge in [-0.2, -0.15) is 0 Å². The van der Waals surface area contributed by atoms with Crippen LogP contribution in [-0.4, -0.2) is 23.8 Å². The molecule has 1 N–H and O–H groups in total. The zero-order valence-electron chi connectivity index (χ0n) is 12.6. The van der Waals surface area contributed by atoms with Crippen LogP contribution in [0.15, 0.2) is 47.4 Å². The number of fused-ring (bicyclic) bond motifs is 1. The molecule has 2 atom stereocenters. The largest absolute Gasteiger partial charge is 0.466 e. The first-order chi connectivity index (χ1) is 10.6. The minimum absolute atomic E-state index is 0.134. The summed E-state index contributed by atoms with van der Waals surface area (Å²) in [6.07, 6.45) is 4.94. The molecular formula is C17H18N2O3. The van der Waals surface area contributed by atoms with Crippen LogP contribution in [0, 0.1) is 5.92 Å². The van der Waals surface area contributed by atoms with E-state index in [-0.39, 0.29) is 11.7 Å². The summed E-state index contributed by atoms with van der Waals surface area (Å²) in [5.41, 5.74) is 2.80. The van der Waals surface area contributed by atoms with Crippen LogP contribution >= 0.6 is 0 Å². The second-order valence-corrected chi connectivity index (χ2v) is 5.53. The molecule has 5 heteroatoms. The van der Waals surface area contributed by atoms with E-state index in [1.807, 2.05) is 31.2 Å². The van der Waals surface area contributed by atoms with Crippen LogP contribution in [0.5, 0.6) is 0 Å². The van der Waals surface area contributed by atoms with Crippen molar-refractivity contribution < 1.29 is 14.3 Å². The van der Waals surface area contributed by atoms with Gasteiger partial charge >= 0.3 is 5.97 Å². The van der Waals surface area contributed by atoms with Gasteiger partial charge < -0.3 is 10.1 Å². The Morgan fingerprint density at radius 2 is 2.18 bits per heavy atom. The molecule has 1 aliphatic heterocycles. The number of methoxy groups -OCH3 is 1. The zero-order valence-corrected chi connectivity index (χ0v) is 12.6. The maximum atomic E-state index is 12.5. The van der Waals surface area contributed by atoms with E-state index in [2.05, 4.69) is 10.3 Å². The van der Waals surface area contributed by atoms with Crippen molar-refractivity contribution in [3.05, 3.63) is 53.1 Å². The number of nitrogens with one attached hydrogen (secondary N) is 1. The number of pyridine rings is 1. The molecule has 1 aliphatic carbocycles. The minimum Gasteiger partial charge on any atom is -0.466 e. The van der Waals surface area contributed by atoms with E-state index in [1.165, 1.54) is 7.11 Å². The molecule has 0 bridgehead atoms. The highest BCUT2D eigenvalue weighted by atomic mass is 16.5. The van der Waals surface area contributed by atoms with E-state index in [0.29, 0.717) is 12.0 Å². The normalized spacial score (nSPS) is 24.3. The quantitative estimate of drug-likeness (QED) is 0.847. The molecule has 0 saturated carbocycles. The number of carbonyl (C=O) groups excluding carboxylic acids is 2. The van der Waals surface area contributed by atoms with Gasteiger partial charge in [-0.3, -0.25) is 9.78 Å². The molecule has 114 valence electrons. The summed E-state index contributed by atoms with van der Waals surface area (Å²) in [7, 11) is 1.35. The number of allylic oxidation sites excluding steroid dienone is 3. The number of rotatable bonds is 2. The Morgan fingerprint density at radius 3 is 2.86 bits per heavy atom. The Labute approximate surface area is 129 Å². The van der Waals surface area contributed by atoms with Crippen LogP contribution in [-0.2, 0) is 14.3 Å². The molecule has 1 aromatic rings. The van der Waals surface area contributed by atoms with Crippen LogP contribution in [0.3, 0.4) is 0 Å². The molecule has 0 saturated heterocycles. The fourth-order valence-corrected chi connectivity index (χ4v) is 3.27. The summed E-state index contributed by atoms with van der Waals surface area (Å²) in [6.45, 7) is 1.83. The highest BCUT2D eigenvalue weighted by Gasteiger charge is 2.43. The summed E-state index contributed by atoms with van der Waals surface area (Å²) >= 11 is 0. The predicted octanol–water partition coefficient (Wildman–Crippen LogP) is 2.08. The smallest absolute Gasteiger partial charge is 0.336 e. The van der Waals surface area contributed by atoms with Gasteiger partial charge in [0.05, 0.1) is 24.5 Å². The third-order valence-corrected chi connectivity index (χ3v) is 4.23. The average molecular weight is 298 g/mol. The fraction of sp³-hybridized carbons (Fsp3) is 0.353. The molecule has 0 aromatic carbocycles. The topological polar surface area (TPSA) is 68.3 Å². The Hall–Kier alpha value is -2.43. The van der Waals surface area contributed by atoms with Gasteiger partial charge in [-0.15, -0.1) is 0 Å². The third-order valence-electron chi connectivity index (χ3n) is 4.23. The van der Waals surface area contributed by atoms with Crippen molar-refractivity contribution in [3.8, 4) is 0 Å². The maximum Gasteiger partial charge on any atom is 0.336 e. The number of ketones is 1. The van der Waals surface area contributed by atoms with Gasteiger partial charge in [0.15, 0.2) is 0 Å². The second-order valence-electron chi connectivity index (χ2n) is 5.53.